The lowest BCUT2D eigenvalue weighted by Gasteiger charge is -2.93. The van der Waals surface area contributed by atoms with Crippen LogP contribution in [0.5, 0.6) is 0 Å². The predicted molar refractivity (Wildman–Crippen MR) is 82.9 cm³/mol. The Hall–Kier alpha value is -0.780. The highest BCUT2D eigenvalue weighted by Crippen LogP contribution is 2.97. The van der Waals surface area contributed by atoms with E-state index in [0.717, 1.165) is 21.7 Å². The third-order valence-corrected chi connectivity index (χ3v) is 9.74. The van der Waals surface area contributed by atoms with E-state index in [1.807, 2.05) is 0 Å². The van der Waals surface area contributed by atoms with Crippen molar-refractivity contribution in [2.24, 2.45) is 27.6 Å². The summed E-state index contributed by atoms with van der Waals surface area (Å²) in [4.78, 5) is 0. The van der Waals surface area contributed by atoms with Crippen molar-refractivity contribution >= 4 is 0 Å². The van der Waals surface area contributed by atoms with Crippen LogP contribution in [0.3, 0.4) is 0 Å². The molecule has 9 aliphatic rings. The van der Waals surface area contributed by atoms with Gasteiger partial charge in [-0.3, -0.25) is 0 Å². The monoisotopic (exact) mass is 276 g/mol. The van der Waals surface area contributed by atoms with Gasteiger partial charge in [-0.05, 0) is 96.3 Å². The Kier molecular flexibility index (Phi) is 1.36. The minimum absolute atomic E-state index is 0.625. The van der Waals surface area contributed by atoms with E-state index >= 15 is 0 Å². The molecule has 0 N–H and O–H groups in total. The number of hydrogen-bond donors (Lipinski definition) is 0. The lowest BCUT2D eigenvalue weighted by molar-refractivity contribution is -0.423. The predicted octanol–water partition coefficient (Wildman–Crippen LogP) is 5.08. The van der Waals surface area contributed by atoms with E-state index in [1.165, 1.54) is 25.2 Å². The van der Waals surface area contributed by atoms with Crippen LogP contribution in [0.2, 0.25) is 0 Å². The molecule has 0 radical (unpaired) electrons. The molecule has 6 bridgehead atoms. The van der Waals surface area contributed by atoms with E-state index in [0.29, 0.717) is 5.41 Å². The normalized spacial score (nSPS) is 63.9. The Morgan fingerprint density at radius 3 is 1.67 bits per heavy atom. The van der Waals surface area contributed by atoms with Gasteiger partial charge in [0, 0.05) is 0 Å². The molecule has 1 aromatic rings. The minimum Gasteiger partial charge on any atom is -0.0622 e. The molecule has 9 saturated carbocycles. The van der Waals surface area contributed by atoms with Crippen LogP contribution in [0.15, 0.2) is 30.3 Å². The van der Waals surface area contributed by atoms with Crippen molar-refractivity contribution < 1.29 is 0 Å². The van der Waals surface area contributed by atoms with Crippen LogP contribution < -0.4 is 0 Å². The summed E-state index contributed by atoms with van der Waals surface area (Å²) in [6, 6.07) is 11.4. The molecule has 0 saturated heterocycles. The van der Waals surface area contributed by atoms with Gasteiger partial charge in [0.2, 0.25) is 0 Å². The van der Waals surface area contributed by atoms with Gasteiger partial charge in [-0.2, -0.15) is 0 Å². The van der Waals surface area contributed by atoms with Gasteiger partial charge in [-0.25, -0.2) is 0 Å². The fourth-order valence-electron chi connectivity index (χ4n) is 8.49. The highest BCUT2D eigenvalue weighted by Gasteiger charge is 2.88. The van der Waals surface area contributed by atoms with Crippen LogP contribution in [-0.4, -0.2) is 0 Å². The third kappa shape index (κ3) is 0.843. The maximum atomic E-state index is 2.38. The van der Waals surface area contributed by atoms with E-state index in [-0.39, 0.29) is 0 Å². The van der Waals surface area contributed by atoms with Crippen LogP contribution in [-0.2, 0) is 5.41 Å². The molecule has 1 aromatic carbocycles. The molecular formula is C21H24. The van der Waals surface area contributed by atoms with E-state index in [9.17, 15) is 0 Å². The highest BCUT2D eigenvalue weighted by molar-refractivity contribution is 5.45. The molecule has 9 fully saturated rings. The average molecular weight is 276 g/mol. The smallest absolute Gasteiger partial charge is 0.00305 e. The maximum Gasteiger partial charge on any atom is -0.00305 e. The van der Waals surface area contributed by atoms with Crippen molar-refractivity contribution in [3.8, 4) is 0 Å². The first-order valence-corrected chi connectivity index (χ1v) is 9.19. The number of rotatable bonds is 3. The third-order valence-electron chi connectivity index (χ3n) is 9.74. The van der Waals surface area contributed by atoms with Gasteiger partial charge >= 0.3 is 0 Å². The van der Waals surface area contributed by atoms with Crippen molar-refractivity contribution in [3.05, 3.63) is 35.9 Å². The molecular weight excluding hydrogens is 252 g/mol. The average Bonchev–Trinajstić information content (AvgIpc) is 2.17. The summed E-state index contributed by atoms with van der Waals surface area (Å²) in [5, 5.41) is 0. The molecule has 0 atom stereocenters. The van der Waals surface area contributed by atoms with Gasteiger partial charge in [0.05, 0.1) is 0 Å². The van der Waals surface area contributed by atoms with Gasteiger partial charge in [0.15, 0.2) is 0 Å². The molecule has 21 heavy (non-hydrogen) atoms. The zero-order valence-electron chi connectivity index (χ0n) is 12.8. The van der Waals surface area contributed by atoms with Crippen LogP contribution in [0.25, 0.3) is 0 Å². The molecule has 9 aliphatic carbocycles. The van der Waals surface area contributed by atoms with Crippen molar-refractivity contribution in [2.75, 3.05) is 0 Å². The Morgan fingerprint density at radius 2 is 1.14 bits per heavy atom. The second-order valence-corrected chi connectivity index (χ2v) is 10.3. The fourth-order valence-corrected chi connectivity index (χ4v) is 8.49. The van der Waals surface area contributed by atoms with Crippen LogP contribution in [0.4, 0.5) is 0 Å². The highest BCUT2D eigenvalue weighted by atomic mass is 14.9. The van der Waals surface area contributed by atoms with Crippen LogP contribution >= 0.6 is 0 Å². The van der Waals surface area contributed by atoms with E-state index in [2.05, 4.69) is 30.3 Å². The lowest BCUT2D eigenvalue weighted by Crippen LogP contribution is -2.85. The Bertz CT molecular complexity index is 625. The van der Waals surface area contributed by atoms with E-state index < -0.39 is 0 Å². The number of benzene rings is 1. The largest absolute Gasteiger partial charge is 0.0622 e. The van der Waals surface area contributed by atoms with Gasteiger partial charge < -0.3 is 0 Å². The molecule has 0 spiro atoms. The summed E-state index contributed by atoms with van der Waals surface area (Å²) in [7, 11) is 0. The summed E-state index contributed by atoms with van der Waals surface area (Å²) in [6.45, 7) is 0. The molecule has 0 heteroatoms. The van der Waals surface area contributed by atoms with Gasteiger partial charge in [0.25, 0.3) is 0 Å². The lowest BCUT2D eigenvalue weighted by atomic mass is 9.11. The molecule has 0 unspecified atom stereocenters. The first-order valence-electron chi connectivity index (χ1n) is 9.19. The number of hydrogen-bond acceptors (Lipinski definition) is 0. The van der Waals surface area contributed by atoms with Crippen molar-refractivity contribution in [3.63, 3.8) is 0 Å². The summed E-state index contributed by atoms with van der Waals surface area (Å²) < 4.78 is 0. The summed E-state index contributed by atoms with van der Waals surface area (Å²) >= 11 is 0. The summed E-state index contributed by atoms with van der Waals surface area (Å²) in [5.41, 5.74) is 5.72. The van der Waals surface area contributed by atoms with Crippen molar-refractivity contribution in [1.29, 1.82) is 0 Å². The van der Waals surface area contributed by atoms with Crippen molar-refractivity contribution in [1.82, 2.24) is 0 Å². The fraction of sp³-hybridized carbons (Fsp3) is 0.714. The van der Waals surface area contributed by atoms with Gasteiger partial charge in [0.1, 0.15) is 0 Å². The molecule has 0 aromatic heterocycles. The second-order valence-electron chi connectivity index (χ2n) is 10.3. The van der Waals surface area contributed by atoms with Crippen LogP contribution in [0.1, 0.15) is 63.4 Å². The van der Waals surface area contributed by atoms with E-state index in [4.69, 9.17) is 0 Å². The SMILES string of the molecule is c1ccc(C23CC(C45CC(C67CC(C6)C7)(C4)C5)(C2)C3)cc1. The molecule has 10 rings (SSSR count). The summed E-state index contributed by atoms with van der Waals surface area (Å²) in [6.07, 6.45) is 14.5. The molecule has 0 amide bonds. The Morgan fingerprint density at radius 1 is 0.619 bits per heavy atom. The molecule has 0 nitrogen and oxygen atoms in total. The Labute approximate surface area is 127 Å². The second kappa shape index (κ2) is 2.63. The van der Waals surface area contributed by atoms with Gasteiger partial charge in [-0.15, -0.1) is 0 Å². The zero-order valence-corrected chi connectivity index (χ0v) is 12.8. The van der Waals surface area contributed by atoms with Gasteiger partial charge in [-0.1, -0.05) is 30.3 Å². The van der Waals surface area contributed by atoms with Crippen molar-refractivity contribution in [2.45, 2.75) is 63.2 Å². The quantitative estimate of drug-likeness (QED) is 0.722. The standard InChI is InChI=1S/C21H24/c1-2-4-16(5-3-1)17-9-19(10-17,11-17)21-12-20(13-21,14-21)18-6-15(7-18)8-18/h1-5,15H,6-14H2. The first kappa shape index (κ1) is 10.9. The molecule has 0 heterocycles. The zero-order chi connectivity index (χ0) is 13.6. The van der Waals surface area contributed by atoms with E-state index in [1.54, 1.807) is 44.1 Å². The Balaban J connectivity index is 1.13. The topological polar surface area (TPSA) is 0 Å². The first-order chi connectivity index (χ1) is 10.1. The molecule has 108 valence electrons. The summed E-state index contributed by atoms with van der Waals surface area (Å²) in [5.74, 6) is 1.17. The minimum atomic E-state index is 0.625. The molecule has 0 aliphatic heterocycles. The van der Waals surface area contributed by atoms with Crippen LogP contribution in [0, 0.1) is 27.6 Å². The maximum absolute atomic E-state index is 2.38.